The molecule has 2 fully saturated rings. The highest BCUT2D eigenvalue weighted by molar-refractivity contribution is 6.31. The van der Waals surface area contributed by atoms with Gasteiger partial charge in [-0.2, -0.15) is 0 Å². The normalized spacial score (nSPS) is 22.4. The molecule has 1 saturated carbocycles. The van der Waals surface area contributed by atoms with E-state index in [1.807, 2.05) is 6.92 Å². The van der Waals surface area contributed by atoms with Crippen molar-refractivity contribution in [1.82, 2.24) is 9.80 Å². The van der Waals surface area contributed by atoms with Gasteiger partial charge in [0.15, 0.2) is 0 Å². The van der Waals surface area contributed by atoms with Crippen LogP contribution in [-0.2, 0) is 0 Å². The summed E-state index contributed by atoms with van der Waals surface area (Å²) in [5.74, 6) is 0.984. The molecule has 21 heavy (non-hydrogen) atoms. The molecule has 116 valence electrons. The van der Waals surface area contributed by atoms with Crippen molar-refractivity contribution in [1.29, 1.82) is 0 Å². The highest BCUT2D eigenvalue weighted by Gasteiger charge is 2.28. The summed E-state index contributed by atoms with van der Waals surface area (Å²) in [7, 11) is 0. The van der Waals surface area contributed by atoms with Gasteiger partial charge in [-0.25, -0.2) is 0 Å². The molecule has 1 aliphatic carbocycles. The van der Waals surface area contributed by atoms with E-state index in [-0.39, 0.29) is 0 Å². The number of aryl methyl sites for hydroxylation is 1. The third-order valence-electron chi connectivity index (χ3n) is 4.86. The van der Waals surface area contributed by atoms with Crippen LogP contribution in [0.5, 0.6) is 0 Å². The van der Waals surface area contributed by atoms with Crippen LogP contribution in [0.3, 0.4) is 0 Å². The standard InChI is InChI=1S/C17H26ClN3/c1-13-2-5-15(10-16(13)18)17(11-19)21-8-6-20(7-9-21)12-14-3-4-14/h2,5,10,14,17H,3-4,6-9,11-12,19H2,1H3. The van der Waals surface area contributed by atoms with Crippen LogP contribution >= 0.6 is 11.6 Å². The van der Waals surface area contributed by atoms with Crippen molar-refractivity contribution in [2.75, 3.05) is 39.3 Å². The Kier molecular flexibility index (Phi) is 4.85. The van der Waals surface area contributed by atoms with Crippen LogP contribution in [0.4, 0.5) is 0 Å². The Labute approximate surface area is 133 Å². The first-order valence-electron chi connectivity index (χ1n) is 8.10. The van der Waals surface area contributed by atoms with Crippen molar-refractivity contribution in [3.05, 3.63) is 34.3 Å². The molecule has 1 atom stereocenters. The number of halogens is 1. The molecule has 0 spiro atoms. The molecule has 0 radical (unpaired) electrons. The van der Waals surface area contributed by atoms with Crippen LogP contribution in [0.1, 0.15) is 30.0 Å². The molecule has 1 aliphatic heterocycles. The molecular formula is C17H26ClN3. The summed E-state index contributed by atoms with van der Waals surface area (Å²) >= 11 is 6.27. The lowest BCUT2D eigenvalue weighted by atomic mass is 10.0. The average molecular weight is 308 g/mol. The quantitative estimate of drug-likeness (QED) is 0.908. The van der Waals surface area contributed by atoms with Gasteiger partial charge in [-0.15, -0.1) is 0 Å². The largest absolute Gasteiger partial charge is 0.329 e. The number of nitrogens with zero attached hydrogens (tertiary/aromatic N) is 2. The van der Waals surface area contributed by atoms with E-state index in [0.29, 0.717) is 12.6 Å². The van der Waals surface area contributed by atoms with E-state index >= 15 is 0 Å². The molecule has 1 saturated heterocycles. The molecule has 1 unspecified atom stereocenters. The smallest absolute Gasteiger partial charge is 0.0472 e. The monoisotopic (exact) mass is 307 g/mol. The highest BCUT2D eigenvalue weighted by atomic mass is 35.5. The summed E-state index contributed by atoms with van der Waals surface area (Å²) in [6, 6.07) is 6.66. The van der Waals surface area contributed by atoms with E-state index in [4.69, 9.17) is 17.3 Å². The zero-order valence-electron chi connectivity index (χ0n) is 12.9. The third-order valence-corrected chi connectivity index (χ3v) is 5.27. The van der Waals surface area contributed by atoms with E-state index in [9.17, 15) is 0 Å². The van der Waals surface area contributed by atoms with E-state index < -0.39 is 0 Å². The van der Waals surface area contributed by atoms with Crippen LogP contribution in [0.2, 0.25) is 5.02 Å². The summed E-state index contributed by atoms with van der Waals surface area (Å²) in [5, 5.41) is 0.846. The molecule has 1 heterocycles. The van der Waals surface area contributed by atoms with E-state index in [1.54, 1.807) is 0 Å². The maximum Gasteiger partial charge on any atom is 0.0472 e. The molecule has 2 N–H and O–H groups in total. The Bertz CT molecular complexity index is 479. The number of hydrogen-bond donors (Lipinski definition) is 1. The predicted octanol–water partition coefficient (Wildman–Crippen LogP) is 2.68. The summed E-state index contributed by atoms with van der Waals surface area (Å²) in [4.78, 5) is 5.13. The molecule has 1 aromatic rings. The first-order chi connectivity index (χ1) is 10.2. The van der Waals surface area contributed by atoms with Gasteiger partial charge in [0.1, 0.15) is 0 Å². The maximum atomic E-state index is 6.27. The van der Waals surface area contributed by atoms with Gasteiger partial charge in [-0.1, -0.05) is 23.7 Å². The zero-order chi connectivity index (χ0) is 14.8. The van der Waals surface area contributed by atoms with Gasteiger partial charge >= 0.3 is 0 Å². The first-order valence-corrected chi connectivity index (χ1v) is 8.47. The number of piperazine rings is 1. The lowest BCUT2D eigenvalue weighted by molar-refractivity contribution is 0.0956. The fraction of sp³-hybridized carbons (Fsp3) is 0.647. The number of rotatable bonds is 5. The van der Waals surface area contributed by atoms with Gasteiger partial charge in [-0.05, 0) is 42.9 Å². The van der Waals surface area contributed by atoms with Crippen LogP contribution in [0, 0.1) is 12.8 Å². The van der Waals surface area contributed by atoms with Crippen LogP contribution in [0.15, 0.2) is 18.2 Å². The summed E-state index contributed by atoms with van der Waals surface area (Å²) in [6.07, 6.45) is 2.88. The molecular weight excluding hydrogens is 282 g/mol. The minimum Gasteiger partial charge on any atom is -0.329 e. The Morgan fingerprint density at radius 3 is 2.52 bits per heavy atom. The first kappa shape index (κ1) is 15.3. The maximum absolute atomic E-state index is 6.27. The highest BCUT2D eigenvalue weighted by Crippen LogP contribution is 2.31. The fourth-order valence-electron chi connectivity index (χ4n) is 3.24. The second kappa shape index (κ2) is 6.66. The molecule has 0 amide bonds. The average Bonchev–Trinajstić information content (AvgIpc) is 3.29. The molecule has 3 rings (SSSR count). The summed E-state index contributed by atoms with van der Waals surface area (Å²) < 4.78 is 0. The molecule has 0 aromatic heterocycles. The molecule has 3 nitrogen and oxygen atoms in total. The number of hydrogen-bond acceptors (Lipinski definition) is 3. The van der Waals surface area contributed by atoms with E-state index in [0.717, 1.165) is 29.6 Å². The minimum atomic E-state index is 0.297. The van der Waals surface area contributed by atoms with Crippen molar-refractivity contribution in [3.63, 3.8) is 0 Å². The van der Waals surface area contributed by atoms with Crippen molar-refractivity contribution in [2.24, 2.45) is 11.7 Å². The summed E-state index contributed by atoms with van der Waals surface area (Å²) in [6.45, 7) is 8.57. The molecule has 1 aromatic carbocycles. The van der Waals surface area contributed by atoms with Gasteiger partial charge in [-0.3, -0.25) is 4.90 Å². The van der Waals surface area contributed by atoms with Crippen LogP contribution in [-0.4, -0.2) is 49.1 Å². The van der Waals surface area contributed by atoms with Crippen molar-refractivity contribution >= 4 is 11.6 Å². The van der Waals surface area contributed by atoms with Crippen molar-refractivity contribution < 1.29 is 0 Å². The second-order valence-electron chi connectivity index (χ2n) is 6.54. The lowest BCUT2D eigenvalue weighted by Gasteiger charge is -2.39. The minimum absolute atomic E-state index is 0.297. The van der Waals surface area contributed by atoms with Gasteiger partial charge in [0.25, 0.3) is 0 Å². The topological polar surface area (TPSA) is 32.5 Å². The molecule has 0 bridgehead atoms. The van der Waals surface area contributed by atoms with Gasteiger partial charge in [0, 0.05) is 50.3 Å². The number of benzene rings is 1. The van der Waals surface area contributed by atoms with Gasteiger partial charge < -0.3 is 10.6 Å². The van der Waals surface area contributed by atoms with E-state index in [2.05, 4.69) is 28.0 Å². The van der Waals surface area contributed by atoms with Crippen LogP contribution in [0.25, 0.3) is 0 Å². The molecule has 2 aliphatic rings. The van der Waals surface area contributed by atoms with E-state index in [1.165, 1.54) is 38.0 Å². The molecule has 4 heteroatoms. The second-order valence-corrected chi connectivity index (χ2v) is 6.95. The Morgan fingerprint density at radius 1 is 1.24 bits per heavy atom. The number of nitrogens with two attached hydrogens (primary N) is 1. The van der Waals surface area contributed by atoms with Gasteiger partial charge in [0.05, 0.1) is 0 Å². The third kappa shape index (κ3) is 3.78. The SMILES string of the molecule is Cc1ccc(C(CN)N2CCN(CC3CC3)CC2)cc1Cl. The van der Waals surface area contributed by atoms with Gasteiger partial charge in [0.2, 0.25) is 0 Å². The predicted molar refractivity (Wildman–Crippen MR) is 88.7 cm³/mol. The van der Waals surface area contributed by atoms with Crippen molar-refractivity contribution in [3.8, 4) is 0 Å². The Morgan fingerprint density at radius 2 is 1.95 bits per heavy atom. The zero-order valence-corrected chi connectivity index (χ0v) is 13.6. The summed E-state index contributed by atoms with van der Waals surface area (Å²) in [5.41, 5.74) is 8.43. The lowest BCUT2D eigenvalue weighted by Crippen LogP contribution is -2.49. The van der Waals surface area contributed by atoms with Crippen LogP contribution < -0.4 is 5.73 Å². The fourth-order valence-corrected chi connectivity index (χ4v) is 3.42. The van der Waals surface area contributed by atoms with Crippen molar-refractivity contribution in [2.45, 2.75) is 25.8 Å². The Balaban J connectivity index is 1.62. The Hall–Kier alpha value is -0.610.